The summed E-state index contributed by atoms with van der Waals surface area (Å²) in [6, 6.07) is 0. The fraction of sp³-hybridized carbons (Fsp3) is 0.833. The van der Waals surface area contributed by atoms with E-state index in [-0.39, 0.29) is 0 Å². The maximum Gasteiger partial charge on any atom is 0.158 e. The van der Waals surface area contributed by atoms with E-state index >= 15 is 0 Å². The van der Waals surface area contributed by atoms with Crippen LogP contribution < -0.4 is 0 Å². The predicted molar refractivity (Wildman–Crippen MR) is 132 cm³/mol. The average molecular weight is 425 g/mol. The van der Waals surface area contributed by atoms with E-state index in [2.05, 4.69) is 60.6 Å². The Balaban J connectivity index is 1.54. The minimum Gasteiger partial charge on any atom is -0.295 e. The Morgan fingerprint density at radius 1 is 0.968 bits per heavy atom. The predicted octanol–water partition coefficient (Wildman–Crippen LogP) is 8.40. The summed E-state index contributed by atoms with van der Waals surface area (Å²) in [5.41, 5.74) is 3.51. The Bertz CT molecular complexity index is 756. The van der Waals surface area contributed by atoms with Crippen molar-refractivity contribution in [1.82, 2.24) is 0 Å². The standard InChI is InChI=1S/C30H48O/c1-8-22(19(2)3)10-9-20(4)24-13-14-26-23-11-12-25-21(5)28(31)16-18-30(25,7)27(23)15-17-29(24,26)6/h9-10,19-20,22-24,26-27H,8,11-18H2,1-7H3/b10-9+. The molecule has 0 aromatic rings. The lowest BCUT2D eigenvalue weighted by molar-refractivity contribution is -0.118. The third-order valence-corrected chi connectivity index (χ3v) is 11.1. The summed E-state index contributed by atoms with van der Waals surface area (Å²) < 4.78 is 0. The van der Waals surface area contributed by atoms with Gasteiger partial charge in [-0.3, -0.25) is 4.79 Å². The smallest absolute Gasteiger partial charge is 0.158 e. The van der Waals surface area contributed by atoms with Crippen molar-refractivity contribution in [3.63, 3.8) is 0 Å². The van der Waals surface area contributed by atoms with E-state index in [1.54, 1.807) is 5.57 Å². The summed E-state index contributed by atoms with van der Waals surface area (Å²) in [6.07, 6.45) is 16.5. The minimum atomic E-state index is 0.303. The second-order valence-electron chi connectivity index (χ2n) is 12.6. The van der Waals surface area contributed by atoms with Gasteiger partial charge in [-0.2, -0.15) is 0 Å². The van der Waals surface area contributed by atoms with Gasteiger partial charge in [0.05, 0.1) is 0 Å². The molecular formula is C30H48O. The Hall–Kier alpha value is -0.850. The van der Waals surface area contributed by atoms with Crippen LogP contribution in [0.1, 0.15) is 106 Å². The van der Waals surface area contributed by atoms with Crippen LogP contribution in [0.5, 0.6) is 0 Å². The SMILES string of the molecule is CCC(/C=C/C(C)C1CCC2C3CCC4=C(C)C(=O)CCC4(C)C3CCC12C)C(C)C. The molecule has 0 radical (unpaired) electrons. The molecular weight excluding hydrogens is 376 g/mol. The molecule has 4 aliphatic carbocycles. The monoisotopic (exact) mass is 424 g/mol. The second-order valence-corrected chi connectivity index (χ2v) is 12.6. The van der Waals surface area contributed by atoms with Gasteiger partial charge < -0.3 is 0 Å². The molecule has 0 aromatic heterocycles. The van der Waals surface area contributed by atoms with Gasteiger partial charge in [0.2, 0.25) is 0 Å². The average Bonchev–Trinajstić information content (AvgIpc) is 3.08. The quantitative estimate of drug-likeness (QED) is 0.405. The van der Waals surface area contributed by atoms with Crippen LogP contribution >= 0.6 is 0 Å². The molecule has 0 aliphatic heterocycles. The van der Waals surface area contributed by atoms with Gasteiger partial charge in [0, 0.05) is 6.42 Å². The van der Waals surface area contributed by atoms with Gasteiger partial charge >= 0.3 is 0 Å². The van der Waals surface area contributed by atoms with Gasteiger partial charge in [-0.1, -0.05) is 59.3 Å². The van der Waals surface area contributed by atoms with E-state index in [0.717, 1.165) is 53.9 Å². The molecule has 3 fully saturated rings. The summed E-state index contributed by atoms with van der Waals surface area (Å²) in [4.78, 5) is 12.4. The van der Waals surface area contributed by atoms with E-state index in [1.165, 1.54) is 44.9 Å². The van der Waals surface area contributed by atoms with Crippen LogP contribution in [0.4, 0.5) is 0 Å². The van der Waals surface area contributed by atoms with Crippen molar-refractivity contribution >= 4 is 5.78 Å². The largest absolute Gasteiger partial charge is 0.295 e. The van der Waals surface area contributed by atoms with Crippen LogP contribution in [0, 0.1) is 52.3 Å². The van der Waals surface area contributed by atoms with E-state index in [9.17, 15) is 4.79 Å². The summed E-state index contributed by atoms with van der Waals surface area (Å²) in [6.45, 7) is 16.9. The van der Waals surface area contributed by atoms with Gasteiger partial charge in [-0.05, 0) is 116 Å². The Kier molecular flexibility index (Phi) is 6.39. The fourth-order valence-electron chi connectivity index (χ4n) is 9.17. The number of ketones is 1. The zero-order valence-electron chi connectivity index (χ0n) is 21.5. The molecule has 3 saturated carbocycles. The zero-order chi connectivity index (χ0) is 22.6. The molecule has 4 aliphatic rings. The number of carbonyl (C=O) groups excluding carboxylic acids is 1. The molecule has 8 atom stereocenters. The summed E-state index contributed by atoms with van der Waals surface area (Å²) in [5, 5.41) is 0. The van der Waals surface area contributed by atoms with Crippen LogP contribution in [0.25, 0.3) is 0 Å². The zero-order valence-corrected chi connectivity index (χ0v) is 21.5. The maximum atomic E-state index is 12.4. The number of rotatable bonds is 5. The Labute approximate surface area is 192 Å². The Morgan fingerprint density at radius 2 is 1.71 bits per heavy atom. The molecule has 0 aromatic carbocycles. The molecule has 0 bridgehead atoms. The topological polar surface area (TPSA) is 17.1 Å². The van der Waals surface area contributed by atoms with E-state index in [0.29, 0.717) is 22.5 Å². The molecule has 1 heteroatoms. The van der Waals surface area contributed by atoms with Crippen molar-refractivity contribution in [3.05, 3.63) is 23.3 Å². The number of hydrogen-bond donors (Lipinski definition) is 0. The molecule has 4 rings (SSSR count). The van der Waals surface area contributed by atoms with Crippen molar-refractivity contribution in [2.75, 3.05) is 0 Å². The summed E-state index contributed by atoms with van der Waals surface area (Å²) in [5.74, 6) is 6.04. The van der Waals surface area contributed by atoms with E-state index in [1.807, 2.05) is 0 Å². The van der Waals surface area contributed by atoms with Crippen molar-refractivity contribution in [2.24, 2.45) is 52.3 Å². The van der Waals surface area contributed by atoms with Crippen LogP contribution in [0.3, 0.4) is 0 Å². The van der Waals surface area contributed by atoms with Crippen LogP contribution in [0.2, 0.25) is 0 Å². The first-order chi connectivity index (χ1) is 14.6. The summed E-state index contributed by atoms with van der Waals surface area (Å²) >= 11 is 0. The highest BCUT2D eigenvalue weighted by molar-refractivity contribution is 5.96. The number of fused-ring (bicyclic) bond motifs is 5. The van der Waals surface area contributed by atoms with Crippen molar-refractivity contribution in [2.45, 2.75) is 106 Å². The molecule has 31 heavy (non-hydrogen) atoms. The normalized spacial score (nSPS) is 42.5. The highest BCUT2D eigenvalue weighted by atomic mass is 16.1. The lowest BCUT2D eigenvalue weighted by Gasteiger charge is -2.59. The van der Waals surface area contributed by atoms with Crippen LogP contribution in [-0.2, 0) is 4.79 Å². The highest BCUT2D eigenvalue weighted by Gasteiger charge is 2.59. The lowest BCUT2D eigenvalue weighted by Crippen LogP contribution is -2.51. The van der Waals surface area contributed by atoms with E-state index in [4.69, 9.17) is 0 Å². The van der Waals surface area contributed by atoms with Gasteiger partial charge in [0.15, 0.2) is 5.78 Å². The van der Waals surface area contributed by atoms with Crippen LogP contribution in [0.15, 0.2) is 23.3 Å². The van der Waals surface area contributed by atoms with E-state index < -0.39 is 0 Å². The number of carbonyl (C=O) groups is 1. The van der Waals surface area contributed by atoms with Crippen LogP contribution in [-0.4, -0.2) is 5.78 Å². The first kappa shape index (κ1) is 23.3. The third kappa shape index (κ3) is 3.71. The van der Waals surface area contributed by atoms with Crippen molar-refractivity contribution in [1.29, 1.82) is 0 Å². The first-order valence-corrected chi connectivity index (χ1v) is 13.5. The van der Waals surface area contributed by atoms with Gasteiger partial charge in [0.1, 0.15) is 0 Å². The maximum absolute atomic E-state index is 12.4. The molecule has 174 valence electrons. The van der Waals surface area contributed by atoms with Crippen molar-refractivity contribution in [3.8, 4) is 0 Å². The minimum absolute atomic E-state index is 0.303. The summed E-state index contributed by atoms with van der Waals surface area (Å²) in [7, 11) is 0. The molecule has 0 amide bonds. The fourth-order valence-corrected chi connectivity index (χ4v) is 9.17. The second kappa shape index (κ2) is 8.49. The molecule has 0 spiro atoms. The lowest BCUT2D eigenvalue weighted by atomic mass is 9.46. The van der Waals surface area contributed by atoms with Gasteiger partial charge in [0.25, 0.3) is 0 Å². The van der Waals surface area contributed by atoms with Gasteiger partial charge in [-0.25, -0.2) is 0 Å². The highest BCUT2D eigenvalue weighted by Crippen LogP contribution is 2.67. The van der Waals surface area contributed by atoms with Crippen molar-refractivity contribution < 1.29 is 4.79 Å². The molecule has 0 saturated heterocycles. The molecule has 1 nitrogen and oxygen atoms in total. The Morgan fingerprint density at radius 3 is 2.39 bits per heavy atom. The first-order valence-electron chi connectivity index (χ1n) is 13.5. The number of Topliss-reactive ketones (excluding diaryl/α,β-unsaturated/α-hetero) is 1. The number of allylic oxidation sites excluding steroid dienone is 3. The number of hydrogen-bond acceptors (Lipinski definition) is 1. The molecule has 8 unspecified atom stereocenters. The molecule has 0 heterocycles. The molecule has 0 N–H and O–H groups in total. The third-order valence-electron chi connectivity index (χ3n) is 11.1. The van der Waals surface area contributed by atoms with Gasteiger partial charge in [-0.15, -0.1) is 0 Å².